The molecular formula is C16H18N4O3S. The van der Waals surface area contributed by atoms with Gasteiger partial charge in [-0.15, -0.1) is 0 Å². The fourth-order valence-corrected chi connectivity index (χ4v) is 3.64. The van der Waals surface area contributed by atoms with E-state index in [2.05, 4.69) is 20.0 Å². The lowest BCUT2D eigenvalue weighted by molar-refractivity contribution is -0.119. The van der Waals surface area contributed by atoms with E-state index in [9.17, 15) is 13.2 Å². The number of amides is 1. The van der Waals surface area contributed by atoms with Crippen LogP contribution in [-0.2, 0) is 14.8 Å². The molecule has 1 aromatic carbocycles. The predicted molar refractivity (Wildman–Crippen MR) is 89.9 cm³/mol. The van der Waals surface area contributed by atoms with Gasteiger partial charge in [-0.3, -0.25) is 4.79 Å². The summed E-state index contributed by atoms with van der Waals surface area (Å²) >= 11 is 0. The minimum Gasteiger partial charge on any atom is -0.326 e. The van der Waals surface area contributed by atoms with Crippen molar-refractivity contribution in [2.24, 2.45) is 5.92 Å². The average molecular weight is 346 g/mol. The maximum absolute atomic E-state index is 12.3. The first-order valence-corrected chi connectivity index (χ1v) is 9.24. The Morgan fingerprint density at radius 2 is 1.67 bits per heavy atom. The van der Waals surface area contributed by atoms with Crippen molar-refractivity contribution in [3.05, 3.63) is 42.7 Å². The molecule has 24 heavy (non-hydrogen) atoms. The predicted octanol–water partition coefficient (Wildman–Crippen LogP) is 2.41. The van der Waals surface area contributed by atoms with Crippen LogP contribution in [0.4, 0.5) is 11.6 Å². The van der Waals surface area contributed by atoms with Crippen LogP contribution in [0.15, 0.2) is 47.6 Å². The smallest absolute Gasteiger partial charge is 0.264 e. The monoisotopic (exact) mass is 346 g/mol. The lowest BCUT2D eigenvalue weighted by Gasteiger charge is -2.11. The van der Waals surface area contributed by atoms with E-state index in [1.807, 2.05) is 0 Å². The van der Waals surface area contributed by atoms with Gasteiger partial charge >= 0.3 is 0 Å². The number of nitrogens with zero attached hydrogens (tertiary/aromatic N) is 2. The zero-order valence-electron chi connectivity index (χ0n) is 13.0. The third kappa shape index (κ3) is 3.88. The Bertz CT molecular complexity index is 801. The molecule has 0 aliphatic heterocycles. The summed E-state index contributed by atoms with van der Waals surface area (Å²) in [5.74, 6) is 0.0698. The molecule has 0 radical (unpaired) electrons. The number of benzene rings is 1. The second kappa shape index (κ2) is 6.96. The van der Waals surface area contributed by atoms with E-state index in [1.165, 1.54) is 24.5 Å². The summed E-state index contributed by atoms with van der Waals surface area (Å²) in [5, 5.41) is 2.83. The van der Waals surface area contributed by atoms with E-state index in [0.29, 0.717) is 5.69 Å². The molecule has 0 saturated heterocycles. The van der Waals surface area contributed by atoms with Crippen LogP contribution in [0.2, 0.25) is 0 Å². The normalized spacial score (nSPS) is 15.2. The van der Waals surface area contributed by atoms with Gasteiger partial charge in [-0.1, -0.05) is 12.8 Å². The van der Waals surface area contributed by atoms with Crippen LogP contribution in [0.1, 0.15) is 25.7 Å². The summed E-state index contributed by atoms with van der Waals surface area (Å²) in [5.41, 5.74) is 0.585. The van der Waals surface area contributed by atoms with Crippen molar-refractivity contribution in [1.29, 1.82) is 0 Å². The first-order valence-electron chi connectivity index (χ1n) is 7.75. The van der Waals surface area contributed by atoms with Crippen LogP contribution < -0.4 is 10.0 Å². The zero-order chi connectivity index (χ0) is 17.0. The number of hydrogen-bond donors (Lipinski definition) is 2. The fourth-order valence-electron chi connectivity index (χ4n) is 2.68. The molecule has 0 unspecified atom stereocenters. The molecule has 126 valence electrons. The number of aromatic nitrogens is 2. The highest BCUT2D eigenvalue weighted by molar-refractivity contribution is 7.92. The van der Waals surface area contributed by atoms with Crippen molar-refractivity contribution in [2.75, 3.05) is 10.0 Å². The molecule has 1 aromatic heterocycles. The van der Waals surface area contributed by atoms with Gasteiger partial charge in [0.25, 0.3) is 10.0 Å². The first kappa shape index (κ1) is 16.4. The van der Waals surface area contributed by atoms with Gasteiger partial charge in [-0.25, -0.2) is 23.1 Å². The second-order valence-electron chi connectivity index (χ2n) is 5.67. The molecule has 1 aliphatic carbocycles. The number of sulfonamides is 1. The van der Waals surface area contributed by atoms with Crippen molar-refractivity contribution in [1.82, 2.24) is 9.97 Å². The standard InChI is InChI=1S/C16H18N4O3S/c21-15(12-4-1-2-5-12)19-13-6-8-14(9-7-13)24(22,23)20-16-17-10-3-11-18-16/h3,6-12H,1-2,4-5H2,(H,19,21)(H,17,18,20). The molecule has 1 heterocycles. The molecule has 0 bridgehead atoms. The minimum absolute atomic E-state index is 0.00100. The Labute approximate surface area is 140 Å². The molecule has 0 atom stereocenters. The van der Waals surface area contributed by atoms with Crippen molar-refractivity contribution in [2.45, 2.75) is 30.6 Å². The number of nitrogens with one attached hydrogen (secondary N) is 2. The molecule has 2 aromatic rings. The minimum atomic E-state index is -3.76. The van der Waals surface area contributed by atoms with E-state index < -0.39 is 10.0 Å². The van der Waals surface area contributed by atoms with Crippen LogP contribution in [0.5, 0.6) is 0 Å². The molecule has 8 heteroatoms. The van der Waals surface area contributed by atoms with Gasteiger partial charge in [-0.2, -0.15) is 0 Å². The van der Waals surface area contributed by atoms with Crippen molar-refractivity contribution in [3.63, 3.8) is 0 Å². The highest BCUT2D eigenvalue weighted by atomic mass is 32.2. The number of rotatable bonds is 5. The van der Waals surface area contributed by atoms with Gasteiger partial charge in [0.1, 0.15) is 0 Å². The SMILES string of the molecule is O=C(Nc1ccc(S(=O)(=O)Nc2ncccn2)cc1)C1CCCC1. The van der Waals surface area contributed by atoms with E-state index in [1.54, 1.807) is 18.2 Å². The molecule has 0 spiro atoms. The fraction of sp³-hybridized carbons (Fsp3) is 0.312. The van der Waals surface area contributed by atoms with Gasteiger partial charge in [0.05, 0.1) is 4.90 Å². The van der Waals surface area contributed by atoms with Crippen LogP contribution in [0.25, 0.3) is 0 Å². The molecule has 2 N–H and O–H groups in total. The number of anilines is 2. The Kier molecular flexibility index (Phi) is 4.75. The van der Waals surface area contributed by atoms with E-state index in [-0.39, 0.29) is 22.7 Å². The van der Waals surface area contributed by atoms with Crippen molar-refractivity contribution < 1.29 is 13.2 Å². The van der Waals surface area contributed by atoms with Gasteiger partial charge < -0.3 is 5.32 Å². The zero-order valence-corrected chi connectivity index (χ0v) is 13.8. The molecule has 3 rings (SSSR count). The summed E-state index contributed by atoms with van der Waals surface area (Å²) in [6.07, 6.45) is 6.91. The summed E-state index contributed by atoms with van der Waals surface area (Å²) in [6, 6.07) is 7.63. The third-order valence-corrected chi connectivity index (χ3v) is 5.29. The molecule has 1 amide bonds. The maximum atomic E-state index is 12.3. The first-order chi connectivity index (χ1) is 11.5. The maximum Gasteiger partial charge on any atom is 0.264 e. The summed E-state index contributed by atoms with van der Waals surface area (Å²) in [6.45, 7) is 0. The van der Waals surface area contributed by atoms with E-state index in [4.69, 9.17) is 0 Å². The van der Waals surface area contributed by atoms with Crippen LogP contribution in [0, 0.1) is 5.92 Å². The number of hydrogen-bond acceptors (Lipinski definition) is 5. The van der Waals surface area contributed by atoms with Crippen LogP contribution in [-0.4, -0.2) is 24.3 Å². The van der Waals surface area contributed by atoms with Crippen LogP contribution >= 0.6 is 0 Å². The average Bonchev–Trinajstić information content (AvgIpc) is 3.10. The van der Waals surface area contributed by atoms with Gasteiger partial charge in [0.2, 0.25) is 11.9 Å². The Morgan fingerprint density at radius 1 is 1.04 bits per heavy atom. The lowest BCUT2D eigenvalue weighted by Crippen LogP contribution is -2.20. The second-order valence-corrected chi connectivity index (χ2v) is 7.36. The summed E-state index contributed by atoms with van der Waals surface area (Å²) in [4.78, 5) is 19.8. The molecule has 1 aliphatic rings. The quantitative estimate of drug-likeness (QED) is 0.866. The molecule has 7 nitrogen and oxygen atoms in total. The van der Waals surface area contributed by atoms with Gasteiger partial charge in [-0.05, 0) is 43.2 Å². The van der Waals surface area contributed by atoms with Crippen molar-refractivity contribution in [3.8, 4) is 0 Å². The number of carbonyl (C=O) groups excluding carboxylic acids is 1. The Balaban J connectivity index is 1.68. The number of carbonyl (C=O) groups is 1. The van der Waals surface area contributed by atoms with Gasteiger partial charge in [0.15, 0.2) is 0 Å². The highest BCUT2D eigenvalue weighted by Crippen LogP contribution is 2.26. The van der Waals surface area contributed by atoms with Crippen molar-refractivity contribution >= 4 is 27.6 Å². The lowest BCUT2D eigenvalue weighted by atomic mass is 10.1. The Hall–Kier alpha value is -2.48. The Morgan fingerprint density at radius 3 is 2.29 bits per heavy atom. The summed E-state index contributed by atoms with van der Waals surface area (Å²) in [7, 11) is -3.76. The van der Waals surface area contributed by atoms with Gasteiger partial charge in [0, 0.05) is 24.0 Å². The summed E-state index contributed by atoms with van der Waals surface area (Å²) < 4.78 is 26.8. The molecule has 1 fully saturated rings. The van der Waals surface area contributed by atoms with Crippen LogP contribution in [0.3, 0.4) is 0 Å². The van der Waals surface area contributed by atoms with E-state index >= 15 is 0 Å². The molecular weight excluding hydrogens is 328 g/mol. The molecule has 1 saturated carbocycles. The highest BCUT2D eigenvalue weighted by Gasteiger charge is 2.22. The largest absolute Gasteiger partial charge is 0.326 e. The topological polar surface area (TPSA) is 101 Å². The van der Waals surface area contributed by atoms with E-state index in [0.717, 1.165) is 25.7 Å². The third-order valence-electron chi connectivity index (χ3n) is 3.95.